The Morgan fingerprint density at radius 1 is 1.00 bits per heavy atom. The fourth-order valence-electron chi connectivity index (χ4n) is 4.14. The average molecular weight is 468 g/mol. The van der Waals surface area contributed by atoms with Gasteiger partial charge < -0.3 is 5.73 Å². The lowest BCUT2D eigenvalue weighted by molar-refractivity contribution is -0.121. The predicted molar refractivity (Wildman–Crippen MR) is 134 cm³/mol. The fourth-order valence-corrected chi connectivity index (χ4v) is 4.35. The number of pyridine rings is 2. The van der Waals surface area contributed by atoms with Gasteiger partial charge in [0.05, 0.1) is 11.2 Å². The second-order valence-corrected chi connectivity index (χ2v) is 8.53. The van der Waals surface area contributed by atoms with Crippen LogP contribution in [0, 0.1) is 6.92 Å². The summed E-state index contributed by atoms with van der Waals surface area (Å²) in [5.74, 6) is -0.489. The summed E-state index contributed by atoms with van der Waals surface area (Å²) in [6.07, 6.45) is 3.97. The molecule has 5 aromatic rings. The van der Waals surface area contributed by atoms with Crippen LogP contribution in [0.5, 0.6) is 0 Å². The summed E-state index contributed by atoms with van der Waals surface area (Å²) in [6.45, 7) is 1.94. The standard InChI is InChI=1S/C27H22ClN5O/c1-17-7-6-12-24(31-17)26-21(19-13-14-30-23-11-5-3-9-20(19)23)16-33(32-26)25(27(29)34)15-18-8-2-4-10-22(18)28/h2-14,16,25H,15H2,1H3,(H2,29,34). The van der Waals surface area contributed by atoms with E-state index in [1.54, 1.807) is 16.9 Å². The van der Waals surface area contributed by atoms with E-state index >= 15 is 0 Å². The zero-order chi connectivity index (χ0) is 23.7. The number of para-hydroxylation sites is 1. The molecule has 0 radical (unpaired) electrons. The maximum Gasteiger partial charge on any atom is 0.242 e. The molecule has 0 saturated heterocycles. The number of rotatable bonds is 6. The number of fused-ring (bicyclic) bond motifs is 1. The Bertz CT molecular complexity index is 1500. The van der Waals surface area contributed by atoms with Crippen molar-refractivity contribution in [3.05, 3.63) is 101 Å². The third-order valence-electron chi connectivity index (χ3n) is 5.82. The van der Waals surface area contributed by atoms with Gasteiger partial charge in [-0.15, -0.1) is 0 Å². The van der Waals surface area contributed by atoms with Crippen LogP contribution in [0.25, 0.3) is 33.4 Å². The van der Waals surface area contributed by atoms with Crippen LogP contribution in [0.1, 0.15) is 17.3 Å². The number of benzene rings is 2. The molecule has 2 aromatic carbocycles. The molecular formula is C27H22ClN5O. The average Bonchev–Trinajstić information content (AvgIpc) is 3.28. The Morgan fingerprint density at radius 2 is 1.79 bits per heavy atom. The van der Waals surface area contributed by atoms with Crippen molar-refractivity contribution in [3.63, 3.8) is 0 Å². The van der Waals surface area contributed by atoms with E-state index in [1.807, 2.05) is 79.9 Å². The van der Waals surface area contributed by atoms with Crippen LogP contribution in [0.2, 0.25) is 5.02 Å². The van der Waals surface area contributed by atoms with Crippen LogP contribution in [0.3, 0.4) is 0 Å². The highest BCUT2D eigenvalue weighted by Gasteiger charge is 2.24. The number of carbonyl (C=O) groups excluding carboxylic acids is 1. The molecule has 168 valence electrons. The largest absolute Gasteiger partial charge is 0.368 e. The lowest BCUT2D eigenvalue weighted by atomic mass is 10.0. The minimum atomic E-state index is -0.717. The van der Waals surface area contributed by atoms with Gasteiger partial charge in [0.15, 0.2) is 0 Å². The molecule has 3 aromatic heterocycles. The van der Waals surface area contributed by atoms with Gasteiger partial charge in [-0.3, -0.25) is 19.4 Å². The van der Waals surface area contributed by atoms with Gasteiger partial charge in [0.2, 0.25) is 5.91 Å². The van der Waals surface area contributed by atoms with Gasteiger partial charge in [-0.05, 0) is 48.4 Å². The molecule has 6 nitrogen and oxygen atoms in total. The number of hydrogen-bond acceptors (Lipinski definition) is 4. The molecule has 1 atom stereocenters. The highest BCUT2D eigenvalue weighted by atomic mass is 35.5. The maximum absolute atomic E-state index is 12.6. The molecule has 0 fully saturated rings. The molecule has 34 heavy (non-hydrogen) atoms. The number of nitrogens with zero attached hydrogens (tertiary/aromatic N) is 4. The van der Waals surface area contributed by atoms with Gasteiger partial charge in [0.25, 0.3) is 0 Å². The van der Waals surface area contributed by atoms with Crippen LogP contribution < -0.4 is 5.73 Å². The van der Waals surface area contributed by atoms with E-state index in [-0.39, 0.29) is 0 Å². The molecule has 2 N–H and O–H groups in total. The Labute approximate surface area is 202 Å². The first-order valence-corrected chi connectivity index (χ1v) is 11.3. The summed E-state index contributed by atoms with van der Waals surface area (Å²) < 4.78 is 1.63. The van der Waals surface area contributed by atoms with Gasteiger partial charge in [-0.25, -0.2) is 0 Å². The highest BCUT2D eigenvalue weighted by molar-refractivity contribution is 6.31. The molecule has 5 rings (SSSR count). The highest BCUT2D eigenvalue weighted by Crippen LogP contribution is 2.35. The Morgan fingerprint density at radius 3 is 2.59 bits per heavy atom. The van der Waals surface area contributed by atoms with Gasteiger partial charge >= 0.3 is 0 Å². The van der Waals surface area contributed by atoms with Crippen molar-refractivity contribution in [1.29, 1.82) is 0 Å². The predicted octanol–water partition coefficient (Wildman–Crippen LogP) is 5.39. The third kappa shape index (κ3) is 4.16. The van der Waals surface area contributed by atoms with Gasteiger partial charge in [-0.2, -0.15) is 5.10 Å². The van der Waals surface area contributed by atoms with E-state index in [9.17, 15) is 4.79 Å². The number of aromatic nitrogens is 4. The summed E-state index contributed by atoms with van der Waals surface area (Å²) in [6, 6.07) is 22.4. The monoisotopic (exact) mass is 467 g/mol. The van der Waals surface area contributed by atoms with Crippen LogP contribution in [0.4, 0.5) is 0 Å². The fraction of sp³-hybridized carbons (Fsp3) is 0.111. The zero-order valence-corrected chi connectivity index (χ0v) is 19.3. The Hall–Kier alpha value is -4.03. The number of aryl methyl sites for hydroxylation is 1. The molecule has 0 spiro atoms. The van der Waals surface area contributed by atoms with E-state index in [2.05, 4.69) is 4.98 Å². The van der Waals surface area contributed by atoms with E-state index in [0.29, 0.717) is 17.1 Å². The van der Waals surface area contributed by atoms with E-state index in [1.165, 1.54) is 0 Å². The van der Waals surface area contributed by atoms with Crippen molar-refractivity contribution in [2.24, 2.45) is 5.73 Å². The first-order chi connectivity index (χ1) is 16.5. The third-order valence-corrected chi connectivity index (χ3v) is 6.19. The summed E-state index contributed by atoms with van der Waals surface area (Å²) >= 11 is 6.37. The number of amides is 1. The molecule has 0 aliphatic rings. The summed E-state index contributed by atoms with van der Waals surface area (Å²) in [4.78, 5) is 21.8. The molecule has 0 saturated carbocycles. The van der Waals surface area contributed by atoms with Crippen LogP contribution in [-0.4, -0.2) is 25.7 Å². The summed E-state index contributed by atoms with van der Waals surface area (Å²) in [5, 5.41) is 6.41. The molecule has 0 aliphatic heterocycles. The number of halogens is 1. The van der Waals surface area contributed by atoms with Crippen LogP contribution >= 0.6 is 11.6 Å². The molecule has 0 aliphatic carbocycles. The van der Waals surface area contributed by atoms with Gasteiger partial charge in [-0.1, -0.05) is 54.1 Å². The van der Waals surface area contributed by atoms with Crippen molar-refractivity contribution in [1.82, 2.24) is 19.7 Å². The topological polar surface area (TPSA) is 86.7 Å². The van der Waals surface area contributed by atoms with Gasteiger partial charge in [0, 0.05) is 40.5 Å². The quantitative estimate of drug-likeness (QED) is 0.362. The Balaban J connectivity index is 1.70. The van der Waals surface area contributed by atoms with Crippen molar-refractivity contribution in [3.8, 4) is 22.5 Å². The smallest absolute Gasteiger partial charge is 0.242 e. The molecule has 1 amide bonds. The molecule has 1 unspecified atom stereocenters. The molecular weight excluding hydrogens is 446 g/mol. The number of nitrogens with two attached hydrogens (primary N) is 1. The maximum atomic E-state index is 12.6. The summed E-state index contributed by atoms with van der Waals surface area (Å²) in [5.41, 5.74) is 11.6. The van der Waals surface area contributed by atoms with E-state index < -0.39 is 11.9 Å². The first-order valence-electron chi connectivity index (χ1n) is 10.9. The van der Waals surface area contributed by atoms with Crippen molar-refractivity contribution >= 4 is 28.4 Å². The van der Waals surface area contributed by atoms with Crippen LogP contribution in [-0.2, 0) is 11.2 Å². The number of hydrogen-bond donors (Lipinski definition) is 1. The lowest BCUT2D eigenvalue weighted by Crippen LogP contribution is -2.28. The van der Waals surface area contributed by atoms with Crippen LogP contribution in [0.15, 0.2) is 85.2 Å². The SMILES string of the molecule is Cc1cccc(-c2nn(C(Cc3ccccc3Cl)C(N)=O)cc2-c2ccnc3ccccc23)n1. The minimum Gasteiger partial charge on any atom is -0.368 e. The Kier molecular flexibility index (Phi) is 5.82. The molecule has 0 bridgehead atoms. The van der Waals surface area contributed by atoms with E-state index in [4.69, 9.17) is 27.4 Å². The van der Waals surface area contributed by atoms with Crippen molar-refractivity contribution in [2.75, 3.05) is 0 Å². The van der Waals surface area contributed by atoms with Crippen molar-refractivity contribution in [2.45, 2.75) is 19.4 Å². The molecule has 3 heterocycles. The molecule has 7 heteroatoms. The van der Waals surface area contributed by atoms with E-state index in [0.717, 1.165) is 39.0 Å². The second-order valence-electron chi connectivity index (χ2n) is 8.12. The number of primary amides is 1. The van der Waals surface area contributed by atoms with Gasteiger partial charge in [0.1, 0.15) is 11.7 Å². The lowest BCUT2D eigenvalue weighted by Gasteiger charge is -2.15. The normalized spacial score (nSPS) is 12.1. The number of carbonyl (C=O) groups is 1. The second kappa shape index (κ2) is 9.08. The minimum absolute atomic E-state index is 0.327. The first kappa shape index (κ1) is 21.8. The van der Waals surface area contributed by atoms with Crippen molar-refractivity contribution < 1.29 is 4.79 Å². The summed E-state index contributed by atoms with van der Waals surface area (Å²) in [7, 11) is 0. The zero-order valence-electron chi connectivity index (χ0n) is 18.5.